The molecule has 0 aliphatic rings. The molecule has 0 fully saturated rings. The lowest BCUT2D eigenvalue weighted by molar-refractivity contribution is 0.626. The van der Waals surface area contributed by atoms with Crippen molar-refractivity contribution in [2.45, 2.75) is 81.6 Å². The van der Waals surface area contributed by atoms with Gasteiger partial charge >= 0.3 is 0 Å². The molecule has 0 heteroatoms. The van der Waals surface area contributed by atoms with Crippen LogP contribution in [0.25, 0.3) is 0 Å². The molecule has 0 aliphatic heterocycles. The third kappa shape index (κ3) is 20.4. The molecule has 0 spiro atoms. The monoisotopic (exact) mass is 344 g/mol. The van der Waals surface area contributed by atoms with E-state index < -0.39 is 0 Å². The van der Waals surface area contributed by atoms with Crippen LogP contribution in [0.2, 0.25) is 0 Å². The van der Waals surface area contributed by atoms with Gasteiger partial charge in [0, 0.05) is 0 Å². The Hall–Kier alpha value is -1.56. The van der Waals surface area contributed by atoms with Gasteiger partial charge in [-0.25, -0.2) is 0 Å². The van der Waals surface area contributed by atoms with Crippen LogP contribution in [0.4, 0.5) is 0 Å². The Bertz CT molecular complexity index is 375. The van der Waals surface area contributed by atoms with Crippen LogP contribution in [0.3, 0.4) is 0 Å². The van der Waals surface area contributed by atoms with E-state index >= 15 is 0 Å². The van der Waals surface area contributed by atoms with E-state index in [0.29, 0.717) is 0 Å². The molecular formula is C25H44. The van der Waals surface area contributed by atoms with Gasteiger partial charge in [0.15, 0.2) is 0 Å². The maximum Gasteiger partial charge on any atom is -0.0238 e. The zero-order valence-electron chi connectivity index (χ0n) is 18.5. The topological polar surface area (TPSA) is 0 Å². The lowest BCUT2D eigenvalue weighted by Gasteiger charge is -2.01. The van der Waals surface area contributed by atoms with Gasteiger partial charge in [-0.05, 0) is 29.9 Å². The summed E-state index contributed by atoms with van der Waals surface area (Å²) in [6.07, 6.45) is 3.57. The fourth-order valence-corrected chi connectivity index (χ4v) is 1.58. The molecule has 0 aromatic heterocycles. The molecule has 0 atom stereocenters. The maximum atomic E-state index is 2.22. The van der Waals surface area contributed by atoms with Gasteiger partial charge in [-0.2, -0.15) is 0 Å². The zero-order valence-corrected chi connectivity index (χ0v) is 18.5. The van der Waals surface area contributed by atoms with Crippen molar-refractivity contribution in [3.05, 3.63) is 71.8 Å². The Morgan fingerprint density at radius 3 is 1.00 bits per heavy atom. The predicted molar refractivity (Wildman–Crippen MR) is 119 cm³/mol. The molecule has 2 aromatic carbocycles. The maximum absolute atomic E-state index is 2.22. The Morgan fingerprint density at radius 1 is 0.560 bits per heavy atom. The molecule has 2 rings (SSSR count). The van der Waals surface area contributed by atoms with Gasteiger partial charge in [0.25, 0.3) is 0 Å². The molecule has 25 heavy (non-hydrogen) atoms. The van der Waals surface area contributed by atoms with Gasteiger partial charge in [0.1, 0.15) is 0 Å². The summed E-state index contributed by atoms with van der Waals surface area (Å²) in [5, 5.41) is 0. The first-order chi connectivity index (χ1) is 12.2. The standard InChI is InChI=1S/C14H14.C5H12.3C2H6/c1-3-7-13(8-4-1)11-12-14-9-5-2-6-10-14;1-4-5(2)3;3*1-2/h1-10H,11-12H2;5H,4H2,1-3H3;3*1-2H3. The zero-order chi connectivity index (χ0) is 19.9. The Morgan fingerprint density at radius 2 is 0.800 bits per heavy atom. The van der Waals surface area contributed by atoms with Crippen LogP contribution in [0.5, 0.6) is 0 Å². The average molecular weight is 345 g/mol. The number of hydrogen-bond donors (Lipinski definition) is 0. The van der Waals surface area contributed by atoms with Crippen LogP contribution in [0, 0.1) is 5.92 Å². The molecule has 2 aromatic rings. The van der Waals surface area contributed by atoms with Crippen molar-refractivity contribution < 1.29 is 0 Å². The van der Waals surface area contributed by atoms with Crippen molar-refractivity contribution in [2.24, 2.45) is 5.92 Å². The minimum Gasteiger partial charge on any atom is -0.0683 e. The summed E-state index contributed by atoms with van der Waals surface area (Å²) in [4.78, 5) is 0. The van der Waals surface area contributed by atoms with Gasteiger partial charge in [-0.1, -0.05) is 129 Å². The number of benzene rings is 2. The second-order valence-electron chi connectivity index (χ2n) is 5.27. The third-order valence-corrected chi connectivity index (χ3v) is 3.20. The van der Waals surface area contributed by atoms with E-state index in [0.717, 1.165) is 18.8 Å². The normalized spacial score (nSPS) is 8.24. The summed E-state index contributed by atoms with van der Waals surface area (Å²) in [5.74, 6) is 0.884. The molecule has 144 valence electrons. The van der Waals surface area contributed by atoms with Crippen LogP contribution in [0.1, 0.15) is 79.9 Å². The highest BCUT2D eigenvalue weighted by Crippen LogP contribution is 2.06. The number of aryl methyl sites for hydroxylation is 2. The SMILES string of the molecule is CC.CC.CC.CCC(C)C.c1ccc(CCc2ccccc2)cc1. The van der Waals surface area contributed by atoms with Crippen LogP contribution < -0.4 is 0 Å². The fraction of sp³-hybridized carbons (Fsp3) is 0.520. The van der Waals surface area contributed by atoms with Gasteiger partial charge < -0.3 is 0 Å². The molecule has 0 saturated heterocycles. The van der Waals surface area contributed by atoms with E-state index in [2.05, 4.69) is 81.4 Å². The van der Waals surface area contributed by atoms with Gasteiger partial charge in [0.2, 0.25) is 0 Å². The number of rotatable bonds is 4. The van der Waals surface area contributed by atoms with Crippen molar-refractivity contribution in [2.75, 3.05) is 0 Å². The van der Waals surface area contributed by atoms with E-state index in [9.17, 15) is 0 Å². The predicted octanol–water partition coefficient (Wildman–Crippen LogP) is 8.60. The Kier molecular flexibility index (Phi) is 27.9. The highest BCUT2D eigenvalue weighted by atomic mass is 14.0. The van der Waals surface area contributed by atoms with E-state index in [1.54, 1.807) is 0 Å². The van der Waals surface area contributed by atoms with Gasteiger partial charge in [0.05, 0.1) is 0 Å². The van der Waals surface area contributed by atoms with E-state index in [1.165, 1.54) is 17.5 Å². The van der Waals surface area contributed by atoms with Crippen molar-refractivity contribution in [3.63, 3.8) is 0 Å². The first-order valence-corrected chi connectivity index (χ1v) is 10.3. The lowest BCUT2D eigenvalue weighted by atomic mass is 10.0. The molecular weight excluding hydrogens is 300 g/mol. The molecule has 0 N–H and O–H groups in total. The summed E-state index contributed by atoms with van der Waals surface area (Å²) < 4.78 is 0. The summed E-state index contributed by atoms with van der Waals surface area (Å²) >= 11 is 0. The largest absolute Gasteiger partial charge is 0.0683 e. The van der Waals surface area contributed by atoms with E-state index in [1.807, 2.05) is 41.5 Å². The van der Waals surface area contributed by atoms with Crippen LogP contribution >= 0.6 is 0 Å². The molecule has 0 amide bonds. The minimum absolute atomic E-state index is 0.884. The first-order valence-electron chi connectivity index (χ1n) is 10.3. The molecule has 0 heterocycles. The summed E-state index contributed by atoms with van der Waals surface area (Å²) in [6, 6.07) is 21.2. The molecule has 0 saturated carbocycles. The molecule has 0 unspecified atom stereocenters. The van der Waals surface area contributed by atoms with Crippen molar-refractivity contribution in [3.8, 4) is 0 Å². The Labute approximate surface area is 159 Å². The first kappa shape index (κ1) is 28.3. The molecule has 0 nitrogen and oxygen atoms in total. The quantitative estimate of drug-likeness (QED) is 0.520. The summed E-state index contributed by atoms with van der Waals surface area (Å²) in [5.41, 5.74) is 2.83. The smallest absolute Gasteiger partial charge is 0.0238 e. The van der Waals surface area contributed by atoms with E-state index in [4.69, 9.17) is 0 Å². The van der Waals surface area contributed by atoms with E-state index in [-0.39, 0.29) is 0 Å². The number of hydrogen-bond acceptors (Lipinski definition) is 0. The molecule has 0 radical (unpaired) electrons. The fourth-order valence-electron chi connectivity index (χ4n) is 1.58. The van der Waals surface area contributed by atoms with Crippen LogP contribution in [-0.4, -0.2) is 0 Å². The highest BCUT2D eigenvalue weighted by molar-refractivity contribution is 5.19. The van der Waals surface area contributed by atoms with Gasteiger partial charge in [-0.3, -0.25) is 0 Å². The average Bonchev–Trinajstić information content (AvgIpc) is 2.73. The second kappa shape index (κ2) is 24.7. The van der Waals surface area contributed by atoms with Crippen LogP contribution in [0.15, 0.2) is 60.7 Å². The summed E-state index contributed by atoms with van der Waals surface area (Å²) in [6.45, 7) is 18.6. The van der Waals surface area contributed by atoms with Crippen molar-refractivity contribution in [1.29, 1.82) is 0 Å². The molecule has 0 bridgehead atoms. The summed E-state index contributed by atoms with van der Waals surface area (Å²) in [7, 11) is 0. The van der Waals surface area contributed by atoms with Crippen molar-refractivity contribution >= 4 is 0 Å². The second-order valence-corrected chi connectivity index (χ2v) is 5.27. The minimum atomic E-state index is 0.884. The van der Waals surface area contributed by atoms with Gasteiger partial charge in [-0.15, -0.1) is 0 Å². The molecule has 0 aliphatic carbocycles. The third-order valence-electron chi connectivity index (χ3n) is 3.20. The van der Waals surface area contributed by atoms with Crippen molar-refractivity contribution in [1.82, 2.24) is 0 Å². The lowest BCUT2D eigenvalue weighted by Crippen LogP contribution is -1.89. The Balaban J connectivity index is -0.000000373. The van der Waals surface area contributed by atoms with Crippen LogP contribution in [-0.2, 0) is 12.8 Å². The highest BCUT2D eigenvalue weighted by Gasteiger charge is 1.93.